The molecule has 26 heavy (non-hydrogen) atoms. The van der Waals surface area contributed by atoms with E-state index in [9.17, 15) is 19.7 Å². The number of nitro benzene ring substituents is 1. The third-order valence-corrected chi connectivity index (χ3v) is 4.23. The molecule has 134 valence electrons. The zero-order chi connectivity index (χ0) is 18.7. The molecule has 3 rings (SSSR count). The lowest BCUT2D eigenvalue weighted by atomic mass is 10.1. The summed E-state index contributed by atoms with van der Waals surface area (Å²) in [6, 6.07) is 9.91. The highest BCUT2D eigenvalue weighted by Gasteiger charge is 2.37. The molecule has 0 bridgehead atoms. The van der Waals surface area contributed by atoms with E-state index in [0.29, 0.717) is 18.7 Å². The molecule has 1 aliphatic heterocycles. The Morgan fingerprint density at radius 2 is 2.12 bits per heavy atom. The smallest absolute Gasteiger partial charge is 0.294 e. The van der Waals surface area contributed by atoms with Crippen molar-refractivity contribution in [3.63, 3.8) is 0 Å². The van der Waals surface area contributed by atoms with Gasteiger partial charge in [-0.1, -0.05) is 13.0 Å². The number of nitrogens with zero attached hydrogens (tertiary/aromatic N) is 3. The third-order valence-electron chi connectivity index (χ3n) is 4.23. The van der Waals surface area contributed by atoms with Gasteiger partial charge in [-0.25, -0.2) is 0 Å². The van der Waals surface area contributed by atoms with Crippen LogP contribution in [0.5, 0.6) is 0 Å². The maximum absolute atomic E-state index is 12.1. The van der Waals surface area contributed by atoms with Crippen LogP contribution in [0, 0.1) is 16.0 Å². The van der Waals surface area contributed by atoms with E-state index in [2.05, 4.69) is 10.3 Å². The van der Waals surface area contributed by atoms with E-state index in [1.165, 1.54) is 12.1 Å². The quantitative estimate of drug-likeness (QED) is 0.485. The summed E-state index contributed by atoms with van der Waals surface area (Å²) in [5.74, 6) is -1.08. The molecular weight excluding hydrogens is 336 g/mol. The Kier molecular flexibility index (Phi) is 4.92. The van der Waals surface area contributed by atoms with Gasteiger partial charge in [-0.2, -0.15) is 0 Å². The van der Waals surface area contributed by atoms with Crippen molar-refractivity contribution in [2.75, 3.05) is 16.8 Å². The molecule has 0 radical (unpaired) electrons. The van der Waals surface area contributed by atoms with Crippen molar-refractivity contribution in [1.29, 1.82) is 0 Å². The number of nitrogens with one attached hydrogen (secondary N) is 1. The van der Waals surface area contributed by atoms with Crippen LogP contribution in [0.25, 0.3) is 0 Å². The molecule has 0 saturated carbocycles. The Morgan fingerprint density at radius 1 is 1.31 bits per heavy atom. The zero-order valence-corrected chi connectivity index (χ0v) is 14.2. The minimum atomic E-state index is -0.527. The van der Waals surface area contributed by atoms with Gasteiger partial charge in [0.25, 0.3) is 5.69 Å². The summed E-state index contributed by atoms with van der Waals surface area (Å²) in [6.45, 7) is 2.14. The SMILES string of the molecule is C[C@@H]1CC(=O)N(c2ccc(NCCc3ccccn3)c([N+](=O)[O-])c2)C1=O. The number of hydrogen-bond acceptors (Lipinski definition) is 6. The summed E-state index contributed by atoms with van der Waals surface area (Å²) >= 11 is 0. The molecular formula is C18H18N4O4. The van der Waals surface area contributed by atoms with E-state index < -0.39 is 10.8 Å². The zero-order valence-electron chi connectivity index (χ0n) is 14.2. The van der Waals surface area contributed by atoms with Crippen LogP contribution in [0.2, 0.25) is 0 Å². The van der Waals surface area contributed by atoms with Gasteiger partial charge in [0, 0.05) is 43.3 Å². The Bertz CT molecular complexity index is 854. The topological polar surface area (TPSA) is 105 Å². The van der Waals surface area contributed by atoms with Crippen molar-refractivity contribution in [2.45, 2.75) is 19.8 Å². The fraction of sp³-hybridized carbons (Fsp3) is 0.278. The maximum atomic E-state index is 12.1. The van der Waals surface area contributed by atoms with Crippen molar-refractivity contribution in [2.24, 2.45) is 5.92 Å². The Labute approximate surface area is 150 Å². The molecule has 2 aromatic rings. The highest BCUT2D eigenvalue weighted by molar-refractivity contribution is 6.21. The van der Waals surface area contributed by atoms with Crippen molar-refractivity contribution in [1.82, 2.24) is 4.98 Å². The van der Waals surface area contributed by atoms with Crippen LogP contribution in [0.3, 0.4) is 0 Å². The van der Waals surface area contributed by atoms with Crippen LogP contribution in [-0.2, 0) is 16.0 Å². The Balaban J connectivity index is 1.78. The van der Waals surface area contributed by atoms with Gasteiger partial charge in [-0.15, -0.1) is 0 Å². The fourth-order valence-corrected chi connectivity index (χ4v) is 2.89. The van der Waals surface area contributed by atoms with Crippen LogP contribution >= 0.6 is 0 Å². The predicted molar refractivity (Wildman–Crippen MR) is 95.8 cm³/mol. The Hall–Kier alpha value is -3.29. The number of carbonyl (C=O) groups excluding carboxylic acids is 2. The minimum Gasteiger partial charge on any atom is -0.379 e. The van der Waals surface area contributed by atoms with Crippen LogP contribution in [0.1, 0.15) is 19.0 Å². The van der Waals surface area contributed by atoms with Crippen LogP contribution in [0.4, 0.5) is 17.1 Å². The molecule has 1 atom stereocenters. The number of nitro groups is 1. The summed E-state index contributed by atoms with van der Waals surface area (Å²) in [4.78, 5) is 40.2. The first-order chi connectivity index (χ1) is 12.5. The predicted octanol–water partition coefficient (Wildman–Crippen LogP) is 2.54. The average molecular weight is 354 g/mol. The number of hydrogen-bond donors (Lipinski definition) is 1. The first kappa shape index (κ1) is 17.5. The maximum Gasteiger partial charge on any atom is 0.294 e. The molecule has 1 saturated heterocycles. The molecule has 8 nitrogen and oxygen atoms in total. The number of rotatable bonds is 6. The average Bonchev–Trinajstić information content (AvgIpc) is 2.88. The van der Waals surface area contributed by atoms with E-state index in [0.717, 1.165) is 10.6 Å². The molecule has 2 heterocycles. The molecule has 1 aromatic carbocycles. The molecule has 0 unspecified atom stereocenters. The summed E-state index contributed by atoms with van der Waals surface area (Å²) in [6.07, 6.45) is 2.43. The lowest BCUT2D eigenvalue weighted by Gasteiger charge is -2.15. The molecule has 1 aliphatic rings. The van der Waals surface area contributed by atoms with Crippen molar-refractivity contribution in [3.8, 4) is 0 Å². The lowest BCUT2D eigenvalue weighted by molar-refractivity contribution is -0.383. The van der Waals surface area contributed by atoms with Gasteiger partial charge in [-0.3, -0.25) is 29.6 Å². The molecule has 1 aromatic heterocycles. The van der Waals surface area contributed by atoms with Crippen molar-refractivity contribution in [3.05, 3.63) is 58.4 Å². The van der Waals surface area contributed by atoms with E-state index in [4.69, 9.17) is 0 Å². The van der Waals surface area contributed by atoms with Crippen LogP contribution in [-0.4, -0.2) is 28.3 Å². The number of carbonyl (C=O) groups is 2. The second-order valence-corrected chi connectivity index (χ2v) is 6.13. The standard InChI is InChI=1S/C18H18N4O4/c1-12-10-17(23)21(18(12)24)14-5-6-15(16(11-14)22(25)26)20-9-7-13-4-2-3-8-19-13/h2-6,8,11-12,20H,7,9-10H2,1H3/t12-/m1/s1. The first-order valence-electron chi connectivity index (χ1n) is 8.26. The lowest BCUT2D eigenvalue weighted by Crippen LogP contribution is -2.30. The van der Waals surface area contributed by atoms with Gasteiger partial charge in [0.05, 0.1) is 10.6 Å². The molecule has 8 heteroatoms. The summed E-state index contributed by atoms with van der Waals surface area (Å²) in [5.41, 5.74) is 1.26. The van der Waals surface area contributed by atoms with Gasteiger partial charge >= 0.3 is 0 Å². The summed E-state index contributed by atoms with van der Waals surface area (Å²) in [7, 11) is 0. The molecule has 1 N–H and O–H groups in total. The highest BCUT2D eigenvalue weighted by Crippen LogP contribution is 2.33. The van der Waals surface area contributed by atoms with Crippen molar-refractivity contribution >= 4 is 28.9 Å². The molecule has 0 spiro atoms. The van der Waals surface area contributed by atoms with E-state index in [-0.39, 0.29) is 29.6 Å². The third kappa shape index (κ3) is 3.53. The fourth-order valence-electron chi connectivity index (χ4n) is 2.89. The second kappa shape index (κ2) is 7.30. The normalized spacial score (nSPS) is 16.8. The number of aromatic nitrogens is 1. The molecule has 1 fully saturated rings. The van der Waals surface area contributed by atoms with E-state index in [1.807, 2.05) is 18.2 Å². The number of benzene rings is 1. The second-order valence-electron chi connectivity index (χ2n) is 6.13. The molecule has 2 amide bonds. The monoisotopic (exact) mass is 354 g/mol. The van der Waals surface area contributed by atoms with Gasteiger partial charge in [-0.05, 0) is 24.3 Å². The van der Waals surface area contributed by atoms with Crippen LogP contribution < -0.4 is 10.2 Å². The van der Waals surface area contributed by atoms with Crippen molar-refractivity contribution < 1.29 is 14.5 Å². The number of anilines is 2. The first-order valence-corrected chi connectivity index (χ1v) is 8.26. The van der Waals surface area contributed by atoms with Gasteiger partial charge in [0.2, 0.25) is 11.8 Å². The number of amides is 2. The van der Waals surface area contributed by atoms with Gasteiger partial charge < -0.3 is 5.32 Å². The number of pyridine rings is 1. The molecule has 0 aliphatic carbocycles. The van der Waals surface area contributed by atoms with Gasteiger partial charge in [0.1, 0.15) is 5.69 Å². The Morgan fingerprint density at radius 3 is 2.73 bits per heavy atom. The van der Waals surface area contributed by atoms with E-state index >= 15 is 0 Å². The summed E-state index contributed by atoms with van der Waals surface area (Å²) < 4.78 is 0. The summed E-state index contributed by atoms with van der Waals surface area (Å²) in [5, 5.41) is 14.4. The largest absolute Gasteiger partial charge is 0.379 e. The number of imide groups is 1. The van der Waals surface area contributed by atoms with Crippen LogP contribution in [0.15, 0.2) is 42.6 Å². The highest BCUT2D eigenvalue weighted by atomic mass is 16.6. The van der Waals surface area contributed by atoms with E-state index in [1.54, 1.807) is 19.2 Å². The minimum absolute atomic E-state index is 0.122. The van der Waals surface area contributed by atoms with Gasteiger partial charge in [0.15, 0.2) is 0 Å².